The Morgan fingerprint density at radius 3 is 2.38 bits per heavy atom. The number of benzene rings is 2. The number of nitrogens with zero attached hydrogens (tertiary/aromatic N) is 2. The van der Waals surface area contributed by atoms with Gasteiger partial charge in [0.05, 0.1) is 30.0 Å². The summed E-state index contributed by atoms with van der Waals surface area (Å²) in [6.45, 7) is 0.603. The first-order chi connectivity index (χ1) is 14.2. The van der Waals surface area contributed by atoms with Gasteiger partial charge in [-0.1, -0.05) is 24.3 Å². The molecule has 146 valence electrons. The maximum Gasteiger partial charge on any atom is 0.257 e. The van der Waals surface area contributed by atoms with Crippen LogP contribution in [0.15, 0.2) is 67.0 Å². The number of carbonyl (C=O) groups excluding carboxylic acids is 1. The topological polar surface area (TPSA) is 95.2 Å². The molecule has 29 heavy (non-hydrogen) atoms. The molecule has 0 saturated heterocycles. The van der Waals surface area contributed by atoms with Crippen molar-refractivity contribution in [2.45, 2.75) is 12.8 Å². The van der Waals surface area contributed by atoms with E-state index < -0.39 is 0 Å². The van der Waals surface area contributed by atoms with E-state index in [-0.39, 0.29) is 12.5 Å². The van der Waals surface area contributed by atoms with Crippen molar-refractivity contribution < 1.29 is 14.6 Å². The number of pyridine rings is 1. The van der Waals surface area contributed by atoms with E-state index in [1.807, 2.05) is 30.3 Å². The van der Waals surface area contributed by atoms with Crippen LogP contribution in [0.5, 0.6) is 5.75 Å². The summed E-state index contributed by atoms with van der Waals surface area (Å²) in [7, 11) is 0. The minimum Gasteiger partial charge on any atom is -0.492 e. The fourth-order valence-corrected chi connectivity index (χ4v) is 2.74. The highest BCUT2D eigenvalue weighted by Crippen LogP contribution is 2.15. The Morgan fingerprint density at radius 2 is 1.72 bits per heavy atom. The molecule has 6 heteroatoms. The van der Waals surface area contributed by atoms with Gasteiger partial charge in [-0.2, -0.15) is 5.26 Å². The summed E-state index contributed by atoms with van der Waals surface area (Å²) >= 11 is 0. The van der Waals surface area contributed by atoms with E-state index in [1.54, 1.807) is 36.5 Å². The number of carbonyl (C=O) groups is 1. The molecule has 3 rings (SSSR count). The largest absolute Gasteiger partial charge is 0.492 e. The standard InChI is InChI=1S/C23H21N3O3/c24-14-19-5-7-21(8-6-19)26-23(28)20-13-22(16-25-15-20)29-12-10-18-3-1-17(2-4-18)9-11-27/h1-8,13,15-16,27H,9-12H2,(H,26,28). The molecule has 0 saturated carbocycles. The first-order valence-electron chi connectivity index (χ1n) is 9.26. The van der Waals surface area contributed by atoms with Gasteiger partial charge in [0, 0.05) is 24.9 Å². The highest BCUT2D eigenvalue weighted by Gasteiger charge is 2.08. The molecule has 3 aromatic rings. The van der Waals surface area contributed by atoms with Crippen LogP contribution >= 0.6 is 0 Å². The average Bonchev–Trinajstić information content (AvgIpc) is 2.76. The van der Waals surface area contributed by atoms with Crippen molar-refractivity contribution in [2.75, 3.05) is 18.5 Å². The van der Waals surface area contributed by atoms with Gasteiger partial charge in [-0.05, 0) is 47.9 Å². The number of hydrogen-bond acceptors (Lipinski definition) is 5. The van der Waals surface area contributed by atoms with E-state index in [4.69, 9.17) is 15.1 Å². The Morgan fingerprint density at radius 1 is 1.03 bits per heavy atom. The molecule has 0 aliphatic rings. The van der Waals surface area contributed by atoms with Gasteiger partial charge in [0.25, 0.3) is 5.91 Å². The molecule has 2 aromatic carbocycles. The van der Waals surface area contributed by atoms with Gasteiger partial charge in [0.15, 0.2) is 0 Å². The number of anilines is 1. The second kappa shape index (κ2) is 10.0. The summed E-state index contributed by atoms with van der Waals surface area (Å²) in [4.78, 5) is 16.5. The van der Waals surface area contributed by atoms with Crippen LogP contribution in [0.4, 0.5) is 5.69 Å². The average molecular weight is 387 g/mol. The highest BCUT2D eigenvalue weighted by molar-refractivity contribution is 6.04. The van der Waals surface area contributed by atoms with E-state index in [0.29, 0.717) is 35.6 Å². The van der Waals surface area contributed by atoms with Crippen molar-refractivity contribution >= 4 is 11.6 Å². The number of aliphatic hydroxyl groups excluding tert-OH is 1. The quantitative estimate of drug-likeness (QED) is 0.618. The smallest absolute Gasteiger partial charge is 0.257 e. The molecular formula is C23H21N3O3. The Hall–Kier alpha value is -3.69. The zero-order valence-electron chi connectivity index (χ0n) is 15.8. The number of aliphatic hydroxyl groups is 1. The van der Waals surface area contributed by atoms with Crippen molar-refractivity contribution in [1.29, 1.82) is 5.26 Å². The van der Waals surface area contributed by atoms with E-state index in [9.17, 15) is 4.79 Å². The van der Waals surface area contributed by atoms with Crippen LogP contribution < -0.4 is 10.1 Å². The van der Waals surface area contributed by atoms with Gasteiger partial charge in [-0.15, -0.1) is 0 Å². The molecule has 1 aromatic heterocycles. The SMILES string of the molecule is N#Cc1ccc(NC(=O)c2cncc(OCCc3ccc(CCO)cc3)c2)cc1. The van der Waals surface area contributed by atoms with Crippen molar-refractivity contribution in [2.24, 2.45) is 0 Å². The summed E-state index contributed by atoms with van der Waals surface area (Å²) in [5.74, 6) is 0.224. The molecule has 6 nitrogen and oxygen atoms in total. The maximum atomic E-state index is 12.4. The van der Waals surface area contributed by atoms with Crippen LogP contribution in [0, 0.1) is 11.3 Å². The molecule has 0 unspecified atom stereocenters. The molecule has 0 radical (unpaired) electrons. The maximum absolute atomic E-state index is 12.4. The molecule has 1 amide bonds. The summed E-state index contributed by atoms with van der Waals surface area (Å²) in [5, 5.41) is 20.6. The zero-order chi connectivity index (χ0) is 20.5. The molecule has 0 fully saturated rings. The molecule has 0 spiro atoms. The third kappa shape index (κ3) is 5.89. The Kier molecular flexibility index (Phi) is 6.93. The van der Waals surface area contributed by atoms with Crippen LogP contribution in [0.3, 0.4) is 0 Å². The third-order valence-electron chi connectivity index (χ3n) is 4.33. The minimum atomic E-state index is -0.299. The fraction of sp³-hybridized carbons (Fsp3) is 0.174. The highest BCUT2D eigenvalue weighted by atomic mass is 16.5. The number of amides is 1. The molecule has 0 aliphatic carbocycles. The number of nitrogens with one attached hydrogen (secondary N) is 1. The van der Waals surface area contributed by atoms with Gasteiger partial charge in [0.1, 0.15) is 5.75 Å². The monoisotopic (exact) mass is 387 g/mol. The Balaban J connectivity index is 1.54. The first-order valence-corrected chi connectivity index (χ1v) is 9.26. The van der Waals surface area contributed by atoms with Crippen LogP contribution in [0.25, 0.3) is 0 Å². The summed E-state index contributed by atoms with van der Waals surface area (Å²) < 4.78 is 5.74. The number of nitriles is 1. The van der Waals surface area contributed by atoms with E-state index in [2.05, 4.69) is 10.3 Å². The van der Waals surface area contributed by atoms with Gasteiger partial charge >= 0.3 is 0 Å². The van der Waals surface area contributed by atoms with Crippen molar-refractivity contribution in [3.8, 4) is 11.8 Å². The number of rotatable bonds is 8. The van der Waals surface area contributed by atoms with E-state index in [0.717, 1.165) is 17.5 Å². The lowest BCUT2D eigenvalue weighted by Gasteiger charge is -2.09. The number of ether oxygens (including phenoxy) is 1. The Bertz CT molecular complexity index is 993. The second-order valence-electron chi connectivity index (χ2n) is 6.44. The van der Waals surface area contributed by atoms with Crippen molar-refractivity contribution in [3.05, 3.63) is 89.2 Å². The molecule has 0 aliphatic heterocycles. The van der Waals surface area contributed by atoms with E-state index >= 15 is 0 Å². The second-order valence-corrected chi connectivity index (χ2v) is 6.44. The van der Waals surface area contributed by atoms with E-state index in [1.165, 1.54) is 6.20 Å². The lowest BCUT2D eigenvalue weighted by atomic mass is 10.1. The molecule has 0 bridgehead atoms. The summed E-state index contributed by atoms with van der Waals surface area (Å²) in [6, 6.07) is 18.4. The zero-order valence-corrected chi connectivity index (χ0v) is 15.8. The first kappa shape index (κ1) is 20.1. The molecule has 2 N–H and O–H groups in total. The van der Waals surface area contributed by atoms with Gasteiger partial charge in [0.2, 0.25) is 0 Å². The van der Waals surface area contributed by atoms with Crippen LogP contribution in [0.2, 0.25) is 0 Å². The predicted octanol–water partition coefficient (Wildman–Crippen LogP) is 3.36. The third-order valence-corrected chi connectivity index (χ3v) is 4.33. The van der Waals surface area contributed by atoms with Crippen molar-refractivity contribution in [1.82, 2.24) is 4.98 Å². The lowest BCUT2D eigenvalue weighted by Crippen LogP contribution is -2.12. The molecule has 0 atom stereocenters. The van der Waals surface area contributed by atoms with Crippen LogP contribution in [-0.4, -0.2) is 29.2 Å². The van der Waals surface area contributed by atoms with Crippen molar-refractivity contribution in [3.63, 3.8) is 0 Å². The Labute approximate surface area is 169 Å². The summed E-state index contributed by atoms with van der Waals surface area (Å²) in [5.41, 5.74) is 3.75. The minimum absolute atomic E-state index is 0.143. The predicted molar refractivity (Wildman–Crippen MR) is 110 cm³/mol. The summed E-state index contributed by atoms with van der Waals surface area (Å²) in [6.07, 6.45) is 4.43. The molecular weight excluding hydrogens is 366 g/mol. The normalized spacial score (nSPS) is 10.2. The van der Waals surface area contributed by atoms with Gasteiger partial charge < -0.3 is 15.2 Å². The number of hydrogen-bond donors (Lipinski definition) is 2. The van der Waals surface area contributed by atoms with Gasteiger partial charge in [-0.25, -0.2) is 0 Å². The fourth-order valence-electron chi connectivity index (χ4n) is 2.74. The lowest BCUT2D eigenvalue weighted by molar-refractivity contribution is 0.102. The molecule has 1 heterocycles. The van der Waals surface area contributed by atoms with Crippen LogP contribution in [-0.2, 0) is 12.8 Å². The van der Waals surface area contributed by atoms with Gasteiger partial charge in [-0.3, -0.25) is 9.78 Å². The van der Waals surface area contributed by atoms with Crippen LogP contribution in [0.1, 0.15) is 27.0 Å². The number of aromatic nitrogens is 1.